The second-order valence-electron chi connectivity index (χ2n) is 13.6. The van der Waals surface area contributed by atoms with Crippen LogP contribution in [-0.4, -0.2) is 84.8 Å². The lowest BCUT2D eigenvalue weighted by Gasteiger charge is -2.52. The van der Waals surface area contributed by atoms with Crippen LogP contribution in [0.2, 0.25) is 0 Å². The van der Waals surface area contributed by atoms with Crippen molar-refractivity contribution < 1.29 is 22.3 Å². The van der Waals surface area contributed by atoms with Crippen molar-refractivity contribution in [2.75, 3.05) is 47.2 Å². The lowest BCUT2D eigenvalue weighted by atomic mass is 9.83. The Bertz CT molecular complexity index is 1800. The number of aromatic nitrogens is 3. The summed E-state index contributed by atoms with van der Waals surface area (Å²) in [7, 11) is -1.67. The molecule has 4 unspecified atom stereocenters. The summed E-state index contributed by atoms with van der Waals surface area (Å²) in [5.41, 5.74) is 2.51. The van der Waals surface area contributed by atoms with Crippen molar-refractivity contribution in [1.82, 2.24) is 15.0 Å². The number of hydrogen-bond donors (Lipinski definition) is 2. The molecule has 11 nitrogen and oxygen atoms in total. The molecule has 2 N–H and O–H groups in total. The van der Waals surface area contributed by atoms with E-state index >= 15 is 0 Å². The van der Waals surface area contributed by atoms with Crippen molar-refractivity contribution in [2.24, 2.45) is 5.92 Å². The van der Waals surface area contributed by atoms with Crippen LogP contribution < -0.4 is 20.4 Å². The number of carbonyl (C=O) groups is 1. The maximum Gasteiger partial charge on any atom is 0.247 e. The Morgan fingerprint density at radius 3 is 2.60 bits per heavy atom. The van der Waals surface area contributed by atoms with E-state index in [1.54, 1.807) is 12.3 Å². The number of nitrogens with zero attached hydrogens (tertiary/aromatic N) is 5. The third kappa shape index (κ3) is 6.34. The van der Waals surface area contributed by atoms with Gasteiger partial charge in [0.1, 0.15) is 17.8 Å². The number of nitrogens with one attached hydrogen (secondary N) is 2. The minimum Gasteiger partial charge on any atom is -0.378 e. The molecule has 1 aromatic carbocycles. The van der Waals surface area contributed by atoms with Crippen molar-refractivity contribution in [2.45, 2.75) is 88.1 Å². The number of methoxy groups -OCH3 is 1. The van der Waals surface area contributed by atoms with Crippen LogP contribution >= 0.6 is 0 Å². The molecular formula is C35H46FN7O4S. The molecule has 258 valence electrons. The third-order valence-electron chi connectivity index (χ3n) is 10.4. The normalized spacial score (nSPS) is 27.1. The summed E-state index contributed by atoms with van der Waals surface area (Å²) in [6.45, 7) is 13.0. The lowest BCUT2D eigenvalue weighted by Crippen LogP contribution is -2.61. The summed E-state index contributed by atoms with van der Waals surface area (Å²) in [6.07, 6.45) is 6.03. The van der Waals surface area contributed by atoms with Crippen LogP contribution in [0, 0.1) is 5.92 Å². The Labute approximate surface area is 282 Å². The van der Waals surface area contributed by atoms with Gasteiger partial charge < -0.3 is 25.2 Å². The number of pyridine rings is 1. The summed E-state index contributed by atoms with van der Waals surface area (Å²) in [6, 6.07) is 5.67. The molecule has 13 heteroatoms. The number of sulfone groups is 1. The minimum absolute atomic E-state index is 0.0127. The first-order valence-electron chi connectivity index (χ1n) is 16.8. The van der Waals surface area contributed by atoms with Gasteiger partial charge in [0.2, 0.25) is 11.9 Å². The molecule has 3 aromatic rings. The number of alkyl halides is 1. The Morgan fingerprint density at radius 1 is 1.12 bits per heavy atom. The number of ether oxygens (including phenoxy) is 1. The summed E-state index contributed by atoms with van der Waals surface area (Å²) in [4.78, 5) is 30.5. The fourth-order valence-corrected chi connectivity index (χ4v) is 10.0. The smallest absolute Gasteiger partial charge is 0.247 e. The van der Waals surface area contributed by atoms with Crippen LogP contribution in [0.3, 0.4) is 0 Å². The van der Waals surface area contributed by atoms with Gasteiger partial charge in [0.15, 0.2) is 9.84 Å². The van der Waals surface area contributed by atoms with Gasteiger partial charge in [-0.2, -0.15) is 4.98 Å². The standard InChI is InChI=1S/C35H46FN7O4S/c1-7-33(44)39-27-16-28(43-18-25(22(43)5)30-10-8-9-21(4)48(30,45)46)24-17-38-32(15-23(24)34(27)20(2)3)40-31-11-13-37-35(41-31)42-14-12-29(47-6)26(36)19-42/h7,11,13,15-17,20-22,25-26,29-30H,1,8-10,12,14,18-19H2,2-6H3,(H,39,44)(H,37,38,40,41)/t21?,22?,25?,26-,29+,30?/m0/s1. The second kappa shape index (κ2) is 13.6. The molecule has 48 heavy (non-hydrogen) atoms. The Balaban J connectivity index is 1.34. The third-order valence-corrected chi connectivity index (χ3v) is 13.2. The number of carbonyl (C=O) groups excluding carboxylic acids is 1. The molecule has 6 rings (SSSR count). The molecule has 0 spiro atoms. The second-order valence-corrected chi connectivity index (χ2v) is 16.2. The highest BCUT2D eigenvalue weighted by Crippen LogP contribution is 2.46. The van der Waals surface area contributed by atoms with E-state index in [2.05, 4.69) is 52.9 Å². The molecule has 6 atom stereocenters. The highest BCUT2D eigenvalue weighted by Gasteiger charge is 2.49. The summed E-state index contributed by atoms with van der Waals surface area (Å²) < 4.78 is 46.4. The minimum atomic E-state index is -3.19. The number of rotatable bonds is 9. The van der Waals surface area contributed by atoms with Crippen LogP contribution in [0.4, 0.5) is 33.3 Å². The highest BCUT2D eigenvalue weighted by atomic mass is 32.2. The van der Waals surface area contributed by atoms with Crippen molar-refractivity contribution in [3.8, 4) is 0 Å². The van der Waals surface area contributed by atoms with Gasteiger partial charge in [-0.3, -0.25) is 4.79 Å². The summed E-state index contributed by atoms with van der Waals surface area (Å²) in [5, 5.41) is 7.48. The van der Waals surface area contributed by atoms with E-state index in [1.165, 1.54) is 13.2 Å². The molecule has 3 aliphatic heterocycles. The molecule has 3 saturated heterocycles. The van der Waals surface area contributed by atoms with Crippen molar-refractivity contribution in [1.29, 1.82) is 0 Å². The zero-order valence-electron chi connectivity index (χ0n) is 28.3. The summed E-state index contributed by atoms with van der Waals surface area (Å²) >= 11 is 0. The number of anilines is 5. The van der Waals surface area contributed by atoms with Gasteiger partial charge in [-0.15, -0.1) is 0 Å². The molecule has 0 saturated carbocycles. The van der Waals surface area contributed by atoms with Gasteiger partial charge in [0, 0.05) is 61.3 Å². The fourth-order valence-electron chi connectivity index (χ4n) is 7.64. The van der Waals surface area contributed by atoms with Gasteiger partial charge in [-0.05, 0) is 74.3 Å². The molecule has 0 aliphatic carbocycles. The number of fused-ring (bicyclic) bond motifs is 1. The molecule has 5 heterocycles. The van der Waals surface area contributed by atoms with Crippen LogP contribution in [-0.2, 0) is 19.4 Å². The summed E-state index contributed by atoms with van der Waals surface area (Å²) in [5.74, 6) is 1.24. The Kier molecular flexibility index (Phi) is 9.63. The van der Waals surface area contributed by atoms with Crippen molar-refractivity contribution in [3.05, 3.63) is 48.8 Å². The molecular weight excluding hydrogens is 633 g/mol. The maximum absolute atomic E-state index is 14.6. The molecule has 1 amide bonds. The quantitative estimate of drug-likeness (QED) is 0.269. The highest BCUT2D eigenvalue weighted by molar-refractivity contribution is 7.92. The Morgan fingerprint density at radius 2 is 1.92 bits per heavy atom. The molecule has 0 bridgehead atoms. The number of amides is 1. The fraction of sp³-hybridized carbons (Fsp3) is 0.543. The molecule has 0 radical (unpaired) electrons. The number of halogens is 1. The molecule has 3 aliphatic rings. The number of hydrogen-bond acceptors (Lipinski definition) is 10. The van der Waals surface area contributed by atoms with Gasteiger partial charge in [-0.1, -0.05) is 26.8 Å². The first-order valence-corrected chi connectivity index (χ1v) is 18.4. The predicted molar refractivity (Wildman–Crippen MR) is 189 cm³/mol. The van der Waals surface area contributed by atoms with Gasteiger partial charge in [0.25, 0.3) is 0 Å². The van der Waals surface area contributed by atoms with Gasteiger partial charge in [0.05, 0.1) is 23.1 Å². The van der Waals surface area contributed by atoms with E-state index in [0.717, 1.165) is 34.9 Å². The van der Waals surface area contributed by atoms with Gasteiger partial charge in [-0.25, -0.2) is 22.8 Å². The van der Waals surface area contributed by atoms with E-state index in [1.807, 2.05) is 30.2 Å². The first-order chi connectivity index (χ1) is 22.9. The SMILES string of the molecule is C=CC(=O)Nc1cc(N2CC(C3CCCC(C)S3(=O)=O)C2C)c2cnc(Nc3ccnc(N4CC[C@@H](OC)[C@@H](F)C4)n3)cc2c1C(C)C. The first kappa shape index (κ1) is 34.0. The van der Waals surface area contributed by atoms with Crippen LogP contribution in [0.15, 0.2) is 43.2 Å². The van der Waals surface area contributed by atoms with E-state index in [9.17, 15) is 17.6 Å². The average Bonchev–Trinajstić information content (AvgIpc) is 3.05. The van der Waals surface area contributed by atoms with E-state index in [4.69, 9.17) is 9.72 Å². The van der Waals surface area contributed by atoms with E-state index in [0.29, 0.717) is 49.2 Å². The maximum atomic E-state index is 14.6. The topological polar surface area (TPSA) is 130 Å². The van der Waals surface area contributed by atoms with Crippen molar-refractivity contribution in [3.63, 3.8) is 0 Å². The number of benzene rings is 1. The van der Waals surface area contributed by atoms with Gasteiger partial charge >= 0.3 is 0 Å². The van der Waals surface area contributed by atoms with Crippen LogP contribution in [0.1, 0.15) is 64.9 Å². The zero-order chi connectivity index (χ0) is 34.3. The van der Waals surface area contributed by atoms with Crippen LogP contribution in [0.25, 0.3) is 10.8 Å². The molecule has 3 fully saturated rings. The van der Waals surface area contributed by atoms with E-state index in [-0.39, 0.29) is 40.8 Å². The lowest BCUT2D eigenvalue weighted by molar-refractivity contribution is -0.111. The number of piperidine rings is 1. The monoisotopic (exact) mass is 679 g/mol. The average molecular weight is 680 g/mol. The largest absolute Gasteiger partial charge is 0.378 e. The van der Waals surface area contributed by atoms with Crippen LogP contribution in [0.5, 0.6) is 0 Å². The predicted octanol–water partition coefficient (Wildman–Crippen LogP) is 5.76. The Hall–Kier alpha value is -3.84. The van der Waals surface area contributed by atoms with E-state index < -0.39 is 22.1 Å². The van der Waals surface area contributed by atoms with Crippen molar-refractivity contribution >= 4 is 55.5 Å². The zero-order valence-corrected chi connectivity index (χ0v) is 29.1. The molecule has 2 aromatic heterocycles.